The number of nitrogens with one attached hydrogen (secondary N) is 2. The lowest BCUT2D eigenvalue weighted by molar-refractivity contribution is 0.281. The van der Waals surface area contributed by atoms with Gasteiger partial charge in [0, 0.05) is 11.4 Å². The van der Waals surface area contributed by atoms with E-state index in [1.807, 2.05) is 68.9 Å². The number of nitrogens with zero attached hydrogens (tertiary/aromatic N) is 1. The second-order valence-electron chi connectivity index (χ2n) is 7.37. The van der Waals surface area contributed by atoms with E-state index in [0.717, 1.165) is 34.7 Å². The van der Waals surface area contributed by atoms with Crippen LogP contribution in [0.2, 0.25) is 0 Å². The standard InChI is InChI=1S/C24H27N3O3S/c1-27(2)13-4-14-30-19-9-5-17(6-10-19)15-21-23(28)26-22(24(29)25-21)16-18-7-11-20(31-3)12-8-18/h5-12,15-16H,4,13-14H2,1-3H3,(H,25,29)(H,26,28)/b21-15-,22-16-. The molecule has 0 aliphatic carbocycles. The van der Waals surface area contributed by atoms with Gasteiger partial charge in [-0.25, -0.2) is 0 Å². The summed E-state index contributed by atoms with van der Waals surface area (Å²) in [6.45, 7) is 1.62. The molecule has 1 heterocycles. The summed E-state index contributed by atoms with van der Waals surface area (Å²) in [5.74, 6) is 0.774. The minimum atomic E-state index is -0.351. The number of hydrogen-bond donors (Lipinski definition) is 2. The fourth-order valence-corrected chi connectivity index (χ4v) is 3.37. The molecule has 0 aliphatic heterocycles. The van der Waals surface area contributed by atoms with Crippen LogP contribution in [-0.4, -0.2) is 48.4 Å². The summed E-state index contributed by atoms with van der Waals surface area (Å²) in [5.41, 5.74) is 0.944. The van der Waals surface area contributed by atoms with Crippen LogP contribution in [0.15, 0.2) is 63.0 Å². The average molecular weight is 438 g/mol. The molecule has 0 radical (unpaired) electrons. The fourth-order valence-electron chi connectivity index (χ4n) is 2.96. The number of H-pyrrole nitrogens is 2. The van der Waals surface area contributed by atoms with Crippen molar-refractivity contribution in [3.63, 3.8) is 0 Å². The van der Waals surface area contributed by atoms with Crippen molar-refractivity contribution in [1.82, 2.24) is 14.9 Å². The third kappa shape index (κ3) is 6.73. The fraction of sp³-hybridized carbons (Fsp3) is 0.250. The molecule has 0 aliphatic rings. The number of benzene rings is 2. The molecule has 0 amide bonds. The van der Waals surface area contributed by atoms with Gasteiger partial charge >= 0.3 is 0 Å². The van der Waals surface area contributed by atoms with Gasteiger partial charge < -0.3 is 19.6 Å². The van der Waals surface area contributed by atoms with E-state index in [9.17, 15) is 9.59 Å². The highest BCUT2D eigenvalue weighted by molar-refractivity contribution is 7.98. The van der Waals surface area contributed by atoms with Gasteiger partial charge in [0.15, 0.2) is 0 Å². The SMILES string of the molecule is CSc1ccc(/C=c2\[nH]c(=O)/c(=C/c3ccc(OCCCN(C)C)cc3)[nH]c2=O)cc1. The Bertz CT molecular complexity index is 1230. The van der Waals surface area contributed by atoms with Gasteiger partial charge in [-0.05, 0) is 74.3 Å². The highest BCUT2D eigenvalue weighted by Gasteiger charge is 1.99. The van der Waals surface area contributed by atoms with E-state index in [2.05, 4.69) is 14.9 Å². The van der Waals surface area contributed by atoms with Gasteiger partial charge in [0.1, 0.15) is 16.4 Å². The quantitative estimate of drug-likeness (QED) is 0.415. The maximum atomic E-state index is 12.5. The number of rotatable bonds is 8. The van der Waals surface area contributed by atoms with Crippen molar-refractivity contribution >= 4 is 23.9 Å². The van der Waals surface area contributed by atoms with Crippen LogP contribution in [-0.2, 0) is 0 Å². The zero-order valence-corrected chi connectivity index (χ0v) is 18.8. The molecule has 3 rings (SSSR count). The lowest BCUT2D eigenvalue weighted by atomic mass is 10.2. The number of ether oxygens (including phenoxy) is 1. The van der Waals surface area contributed by atoms with E-state index >= 15 is 0 Å². The average Bonchev–Trinajstić information content (AvgIpc) is 2.76. The second-order valence-corrected chi connectivity index (χ2v) is 8.25. The van der Waals surface area contributed by atoms with Crippen molar-refractivity contribution in [2.75, 3.05) is 33.5 Å². The number of thioether (sulfide) groups is 1. The first kappa shape index (κ1) is 22.7. The Balaban J connectivity index is 1.78. The number of aromatic nitrogens is 2. The topological polar surface area (TPSA) is 78.2 Å². The van der Waals surface area contributed by atoms with E-state index < -0.39 is 0 Å². The first-order valence-corrected chi connectivity index (χ1v) is 11.2. The molecular weight excluding hydrogens is 410 g/mol. The summed E-state index contributed by atoms with van der Waals surface area (Å²) in [6.07, 6.45) is 6.26. The molecule has 0 unspecified atom stereocenters. The maximum absolute atomic E-state index is 12.5. The lowest BCUT2D eigenvalue weighted by Crippen LogP contribution is -2.46. The summed E-state index contributed by atoms with van der Waals surface area (Å²) in [7, 11) is 4.06. The van der Waals surface area contributed by atoms with Gasteiger partial charge in [0.05, 0.1) is 6.61 Å². The van der Waals surface area contributed by atoms with Crippen LogP contribution in [0.3, 0.4) is 0 Å². The predicted molar refractivity (Wildman–Crippen MR) is 127 cm³/mol. The third-order valence-corrected chi connectivity index (χ3v) is 5.37. The first-order valence-electron chi connectivity index (χ1n) is 10.0. The third-order valence-electron chi connectivity index (χ3n) is 4.62. The Morgan fingerprint density at radius 2 is 1.39 bits per heavy atom. The Morgan fingerprint density at radius 1 is 0.871 bits per heavy atom. The van der Waals surface area contributed by atoms with Crippen molar-refractivity contribution in [2.45, 2.75) is 11.3 Å². The van der Waals surface area contributed by atoms with Gasteiger partial charge in [-0.3, -0.25) is 9.59 Å². The second kappa shape index (κ2) is 10.8. The van der Waals surface area contributed by atoms with Crippen molar-refractivity contribution in [1.29, 1.82) is 0 Å². The highest BCUT2D eigenvalue weighted by atomic mass is 32.2. The largest absolute Gasteiger partial charge is 0.494 e. The minimum absolute atomic E-state index is 0.208. The number of hydrogen-bond acceptors (Lipinski definition) is 5. The first-order chi connectivity index (χ1) is 14.9. The van der Waals surface area contributed by atoms with Crippen molar-refractivity contribution in [3.05, 3.63) is 91.1 Å². The molecule has 0 saturated heterocycles. The van der Waals surface area contributed by atoms with Crippen LogP contribution in [0.1, 0.15) is 17.5 Å². The molecule has 0 saturated carbocycles. The van der Waals surface area contributed by atoms with Crippen LogP contribution >= 0.6 is 11.8 Å². The summed E-state index contributed by atoms with van der Waals surface area (Å²) < 4.78 is 5.72. The molecule has 6 nitrogen and oxygen atoms in total. The molecule has 7 heteroatoms. The molecule has 2 aromatic carbocycles. The van der Waals surface area contributed by atoms with Crippen LogP contribution < -0.4 is 26.6 Å². The van der Waals surface area contributed by atoms with E-state index in [0.29, 0.717) is 6.61 Å². The Morgan fingerprint density at radius 3 is 1.87 bits per heavy atom. The molecule has 0 spiro atoms. The maximum Gasteiger partial charge on any atom is 0.272 e. The van der Waals surface area contributed by atoms with Crippen LogP contribution in [0.25, 0.3) is 12.2 Å². The molecule has 162 valence electrons. The van der Waals surface area contributed by atoms with Crippen molar-refractivity contribution in [2.24, 2.45) is 0 Å². The summed E-state index contributed by atoms with van der Waals surface area (Å²) >= 11 is 1.65. The van der Waals surface area contributed by atoms with Gasteiger partial charge in [-0.1, -0.05) is 24.3 Å². The Labute approximate surface area is 185 Å². The van der Waals surface area contributed by atoms with Crippen molar-refractivity contribution < 1.29 is 4.74 Å². The molecule has 31 heavy (non-hydrogen) atoms. The molecule has 1 aromatic heterocycles. The van der Waals surface area contributed by atoms with Crippen molar-refractivity contribution in [3.8, 4) is 5.75 Å². The predicted octanol–water partition coefficient (Wildman–Crippen LogP) is 1.77. The summed E-state index contributed by atoms with van der Waals surface area (Å²) in [4.78, 5) is 33.5. The van der Waals surface area contributed by atoms with E-state index in [-0.39, 0.29) is 21.8 Å². The van der Waals surface area contributed by atoms with Crippen LogP contribution in [0, 0.1) is 0 Å². The minimum Gasteiger partial charge on any atom is -0.494 e. The molecule has 2 N–H and O–H groups in total. The van der Waals surface area contributed by atoms with Gasteiger partial charge in [-0.2, -0.15) is 0 Å². The normalized spacial score (nSPS) is 12.5. The van der Waals surface area contributed by atoms with E-state index in [4.69, 9.17) is 4.74 Å². The molecule has 0 bridgehead atoms. The summed E-state index contributed by atoms with van der Waals surface area (Å²) in [5, 5.41) is 0.431. The smallest absolute Gasteiger partial charge is 0.272 e. The van der Waals surface area contributed by atoms with E-state index in [1.165, 1.54) is 0 Å². The molecule has 0 atom stereocenters. The zero-order valence-electron chi connectivity index (χ0n) is 18.0. The lowest BCUT2D eigenvalue weighted by Gasteiger charge is -2.10. The van der Waals surface area contributed by atoms with Crippen LogP contribution in [0.4, 0.5) is 0 Å². The van der Waals surface area contributed by atoms with E-state index in [1.54, 1.807) is 23.9 Å². The van der Waals surface area contributed by atoms with Gasteiger partial charge in [0.25, 0.3) is 11.1 Å². The van der Waals surface area contributed by atoms with Crippen LogP contribution in [0.5, 0.6) is 5.75 Å². The Kier molecular flexibility index (Phi) is 7.92. The van der Waals surface area contributed by atoms with Gasteiger partial charge in [-0.15, -0.1) is 11.8 Å². The zero-order chi connectivity index (χ0) is 22.2. The monoisotopic (exact) mass is 437 g/mol. The molecular formula is C24H27N3O3S. The Hall–Kier alpha value is -3.03. The molecule has 0 fully saturated rings. The van der Waals surface area contributed by atoms with Gasteiger partial charge in [0.2, 0.25) is 0 Å². The number of aromatic amines is 2. The highest BCUT2D eigenvalue weighted by Crippen LogP contribution is 2.15. The summed E-state index contributed by atoms with van der Waals surface area (Å²) in [6, 6.07) is 15.2. The molecule has 3 aromatic rings.